The smallest absolute Gasteiger partial charge is 0.262 e. The van der Waals surface area contributed by atoms with Crippen LogP contribution >= 0.6 is 23.2 Å². The molecule has 2 aromatic carbocycles. The summed E-state index contributed by atoms with van der Waals surface area (Å²) < 4.78 is 40.6. The van der Waals surface area contributed by atoms with Gasteiger partial charge in [-0.25, -0.2) is 12.8 Å². The number of hydrogen-bond acceptors (Lipinski definition) is 2. The van der Waals surface area contributed by atoms with Crippen LogP contribution in [0.2, 0.25) is 10.0 Å². The predicted octanol–water partition coefficient (Wildman–Crippen LogP) is 4.55. The molecule has 0 radical (unpaired) electrons. The van der Waals surface area contributed by atoms with Gasteiger partial charge in [-0.1, -0.05) is 29.3 Å². The van der Waals surface area contributed by atoms with E-state index >= 15 is 0 Å². The summed E-state index contributed by atoms with van der Waals surface area (Å²) in [5.74, 6) is -0.482. The van der Waals surface area contributed by atoms with Gasteiger partial charge in [0, 0.05) is 0 Å². The van der Waals surface area contributed by atoms with Crippen molar-refractivity contribution in [3.8, 4) is 0 Å². The SMILES string of the molecule is Cc1cc(F)cc(C)c1S(=O)(=O)Nc1cccc(Cl)c1Cl. The van der Waals surface area contributed by atoms with Gasteiger partial charge >= 0.3 is 0 Å². The van der Waals surface area contributed by atoms with Crippen LogP contribution < -0.4 is 4.72 Å². The molecule has 0 aliphatic heterocycles. The summed E-state index contributed by atoms with van der Waals surface area (Å²) in [5.41, 5.74) is 0.809. The summed E-state index contributed by atoms with van der Waals surface area (Å²) in [6, 6.07) is 6.97. The fraction of sp³-hybridized carbons (Fsp3) is 0.143. The van der Waals surface area contributed by atoms with Crippen molar-refractivity contribution in [1.82, 2.24) is 0 Å². The highest BCUT2D eigenvalue weighted by molar-refractivity contribution is 7.92. The molecule has 112 valence electrons. The summed E-state index contributed by atoms with van der Waals surface area (Å²) in [5, 5.41) is 0.351. The maximum atomic E-state index is 13.3. The van der Waals surface area contributed by atoms with Crippen molar-refractivity contribution in [2.75, 3.05) is 4.72 Å². The quantitative estimate of drug-likeness (QED) is 0.885. The first-order chi connectivity index (χ1) is 9.72. The average Bonchev–Trinajstić information content (AvgIpc) is 2.33. The summed E-state index contributed by atoms with van der Waals surface area (Å²) in [6.45, 7) is 3.06. The molecule has 1 N–H and O–H groups in total. The van der Waals surface area contributed by atoms with E-state index in [4.69, 9.17) is 23.2 Å². The molecule has 0 amide bonds. The van der Waals surface area contributed by atoms with Crippen molar-refractivity contribution in [3.63, 3.8) is 0 Å². The molecule has 0 spiro atoms. The van der Waals surface area contributed by atoms with Crippen molar-refractivity contribution in [2.45, 2.75) is 18.7 Å². The van der Waals surface area contributed by atoms with Gasteiger partial charge < -0.3 is 0 Å². The highest BCUT2D eigenvalue weighted by Crippen LogP contribution is 2.32. The molecular formula is C14H12Cl2FNO2S. The number of benzene rings is 2. The van der Waals surface area contributed by atoms with Crippen LogP contribution in [0, 0.1) is 19.7 Å². The first-order valence-electron chi connectivity index (χ1n) is 5.96. The Morgan fingerprint density at radius 1 is 1.10 bits per heavy atom. The van der Waals surface area contributed by atoms with Crippen LogP contribution in [-0.2, 0) is 10.0 Å². The van der Waals surface area contributed by atoms with Crippen molar-refractivity contribution >= 4 is 38.9 Å². The van der Waals surface area contributed by atoms with E-state index in [0.29, 0.717) is 11.1 Å². The zero-order chi connectivity index (χ0) is 15.8. The zero-order valence-electron chi connectivity index (χ0n) is 11.2. The van der Waals surface area contributed by atoms with Gasteiger partial charge in [0.2, 0.25) is 0 Å². The number of rotatable bonds is 3. The van der Waals surface area contributed by atoms with Crippen LogP contribution in [0.3, 0.4) is 0 Å². The molecule has 0 unspecified atom stereocenters. The van der Waals surface area contributed by atoms with Crippen molar-refractivity contribution in [2.24, 2.45) is 0 Å². The molecule has 0 aromatic heterocycles. The Labute approximate surface area is 132 Å². The van der Waals surface area contributed by atoms with E-state index in [-0.39, 0.29) is 20.6 Å². The fourth-order valence-electron chi connectivity index (χ4n) is 2.10. The van der Waals surface area contributed by atoms with Crippen molar-refractivity contribution in [3.05, 3.63) is 57.3 Å². The number of anilines is 1. The minimum absolute atomic E-state index is 0.0277. The lowest BCUT2D eigenvalue weighted by Gasteiger charge is -2.14. The molecule has 0 aliphatic rings. The molecule has 3 nitrogen and oxygen atoms in total. The second-order valence-electron chi connectivity index (χ2n) is 4.58. The van der Waals surface area contributed by atoms with Crippen LogP contribution in [-0.4, -0.2) is 8.42 Å². The normalized spacial score (nSPS) is 11.5. The van der Waals surface area contributed by atoms with Gasteiger partial charge in [-0.15, -0.1) is 0 Å². The highest BCUT2D eigenvalue weighted by Gasteiger charge is 2.21. The molecule has 0 saturated heterocycles. The molecule has 0 saturated carbocycles. The lowest BCUT2D eigenvalue weighted by molar-refractivity contribution is 0.597. The lowest BCUT2D eigenvalue weighted by Crippen LogP contribution is -2.16. The molecule has 2 rings (SSSR count). The van der Waals surface area contributed by atoms with E-state index in [9.17, 15) is 12.8 Å². The van der Waals surface area contributed by atoms with Gasteiger partial charge in [0.15, 0.2) is 0 Å². The van der Waals surface area contributed by atoms with E-state index in [1.165, 1.54) is 32.0 Å². The van der Waals surface area contributed by atoms with Crippen molar-refractivity contribution < 1.29 is 12.8 Å². The Balaban J connectivity index is 2.51. The summed E-state index contributed by atoms with van der Waals surface area (Å²) in [4.78, 5) is 0.0277. The van der Waals surface area contributed by atoms with E-state index in [1.54, 1.807) is 12.1 Å². The molecular weight excluding hydrogens is 336 g/mol. The third-order valence-corrected chi connectivity index (χ3v) is 5.38. The lowest BCUT2D eigenvalue weighted by atomic mass is 10.1. The van der Waals surface area contributed by atoms with Crippen LogP contribution in [0.1, 0.15) is 11.1 Å². The standard InChI is InChI=1S/C14H12Cl2FNO2S/c1-8-6-10(17)7-9(2)14(8)21(19,20)18-12-5-3-4-11(15)13(12)16/h3-7,18H,1-2H3. The van der Waals surface area contributed by atoms with Gasteiger partial charge in [-0.3, -0.25) is 4.72 Å². The molecule has 0 heterocycles. The minimum Gasteiger partial charge on any atom is -0.278 e. The van der Waals surface area contributed by atoms with Gasteiger partial charge in [-0.05, 0) is 49.2 Å². The maximum Gasteiger partial charge on any atom is 0.262 e. The zero-order valence-corrected chi connectivity index (χ0v) is 13.6. The van der Waals surface area contributed by atoms with Crippen LogP contribution in [0.25, 0.3) is 0 Å². The van der Waals surface area contributed by atoms with Gasteiger partial charge in [0.25, 0.3) is 10.0 Å². The number of aryl methyl sites for hydroxylation is 2. The summed E-state index contributed by atoms with van der Waals surface area (Å²) >= 11 is 11.8. The van der Waals surface area contributed by atoms with Crippen molar-refractivity contribution in [1.29, 1.82) is 0 Å². The van der Waals surface area contributed by atoms with Crippen LogP contribution in [0.4, 0.5) is 10.1 Å². The van der Waals surface area contributed by atoms with Crippen LogP contribution in [0.15, 0.2) is 35.2 Å². The molecule has 0 bridgehead atoms. The molecule has 7 heteroatoms. The van der Waals surface area contributed by atoms with Gasteiger partial charge in [0.1, 0.15) is 5.82 Å². The Bertz CT molecular complexity index is 784. The first-order valence-corrected chi connectivity index (χ1v) is 8.20. The predicted molar refractivity (Wildman–Crippen MR) is 83.1 cm³/mol. The average molecular weight is 348 g/mol. The van der Waals surface area contributed by atoms with E-state index in [0.717, 1.165) is 0 Å². The minimum atomic E-state index is -3.89. The number of hydrogen-bond donors (Lipinski definition) is 1. The third-order valence-electron chi connectivity index (χ3n) is 2.89. The van der Waals surface area contributed by atoms with E-state index in [1.807, 2.05) is 0 Å². The first kappa shape index (κ1) is 16.1. The second-order valence-corrected chi connectivity index (χ2v) is 6.98. The molecule has 0 fully saturated rings. The summed E-state index contributed by atoms with van der Waals surface area (Å²) in [7, 11) is -3.89. The Morgan fingerprint density at radius 2 is 1.67 bits per heavy atom. The summed E-state index contributed by atoms with van der Waals surface area (Å²) in [6.07, 6.45) is 0. The Morgan fingerprint density at radius 3 is 2.24 bits per heavy atom. The number of nitrogens with one attached hydrogen (secondary N) is 1. The monoisotopic (exact) mass is 347 g/mol. The largest absolute Gasteiger partial charge is 0.278 e. The molecule has 0 atom stereocenters. The fourth-order valence-corrected chi connectivity index (χ4v) is 4.03. The Kier molecular flexibility index (Phi) is 4.46. The van der Waals surface area contributed by atoms with Gasteiger partial charge in [0.05, 0.1) is 20.6 Å². The number of halogens is 3. The Hall–Kier alpha value is -1.30. The van der Waals surface area contributed by atoms with E-state index < -0.39 is 15.8 Å². The number of sulfonamides is 1. The molecule has 0 aliphatic carbocycles. The third kappa shape index (κ3) is 3.31. The van der Waals surface area contributed by atoms with Crippen LogP contribution in [0.5, 0.6) is 0 Å². The maximum absolute atomic E-state index is 13.3. The second kappa shape index (κ2) is 5.83. The van der Waals surface area contributed by atoms with E-state index in [2.05, 4.69) is 4.72 Å². The molecule has 21 heavy (non-hydrogen) atoms. The topological polar surface area (TPSA) is 46.2 Å². The highest BCUT2D eigenvalue weighted by atomic mass is 35.5. The van der Waals surface area contributed by atoms with Gasteiger partial charge in [-0.2, -0.15) is 0 Å². The molecule has 2 aromatic rings.